The van der Waals surface area contributed by atoms with Crippen molar-refractivity contribution in [1.82, 2.24) is 0 Å². The van der Waals surface area contributed by atoms with Crippen molar-refractivity contribution in [3.63, 3.8) is 0 Å². The fourth-order valence-corrected chi connectivity index (χ4v) is 15.9. The summed E-state index contributed by atoms with van der Waals surface area (Å²) in [5.74, 6) is -1.53. The van der Waals surface area contributed by atoms with Gasteiger partial charge in [-0.2, -0.15) is 0 Å². The molecule has 4 aromatic rings. The highest BCUT2D eigenvalue weighted by atomic mass is 16.8. The van der Waals surface area contributed by atoms with E-state index < -0.39 is 146 Å². The fourth-order valence-electron chi connectivity index (χ4n) is 15.9. The van der Waals surface area contributed by atoms with Gasteiger partial charge in [-0.25, -0.2) is 9.59 Å². The van der Waals surface area contributed by atoms with Crippen molar-refractivity contribution >= 4 is 18.3 Å². The van der Waals surface area contributed by atoms with E-state index in [1.54, 1.807) is 64.1 Å². The SMILES string of the molecule is C=C1OCC2C(OC3OCC4(CCOC(C)O4)C(O)C3O)c3cc4c(cc3[C@@H](c3cc(OC)c(OC(=O)OCC5COC(C)(C)O5)c(OC)c3)[C@@H]12)OCO4.COc1cc([C@@H]2c3cc4c(cc3C(OC3OCC5(CCOC(C)O5)C(O)C3O)C3COC(=O)[C@@H]32)OCO4)cc(OC)c1OC(=O)OCC(O)CO. The summed E-state index contributed by atoms with van der Waals surface area (Å²) < 4.78 is 138. The van der Waals surface area contributed by atoms with Gasteiger partial charge in [-0.05, 0) is 110 Å². The molecule has 2 aliphatic carbocycles. The maximum absolute atomic E-state index is 13.6. The number of esters is 1. The van der Waals surface area contributed by atoms with Crippen LogP contribution in [0.2, 0.25) is 0 Å². The first-order valence-electron chi connectivity index (χ1n) is 34.5. The molecule has 15 rings (SSSR count). The maximum Gasteiger partial charge on any atom is 0.514 e. The molecule has 4 aromatic carbocycles. The van der Waals surface area contributed by atoms with Crippen LogP contribution in [-0.2, 0) is 71.1 Å². The lowest BCUT2D eigenvalue weighted by Gasteiger charge is -2.50. The largest absolute Gasteiger partial charge is 0.514 e. The average Bonchev–Trinajstić information content (AvgIpc) is 1.68. The van der Waals surface area contributed by atoms with Crippen LogP contribution >= 0.6 is 0 Å². The van der Waals surface area contributed by atoms with Crippen LogP contribution in [0.5, 0.6) is 57.5 Å². The predicted octanol–water partition coefficient (Wildman–Crippen LogP) is 4.57. The summed E-state index contributed by atoms with van der Waals surface area (Å²) in [4.78, 5) is 39.0. The summed E-state index contributed by atoms with van der Waals surface area (Å²) in [6, 6.07) is 14.0. The zero-order valence-corrected chi connectivity index (χ0v) is 58.8. The van der Waals surface area contributed by atoms with Crippen molar-refractivity contribution < 1.29 is 159 Å². The Hall–Kier alpha value is -7.81. The molecule has 7 saturated heterocycles. The van der Waals surface area contributed by atoms with Crippen LogP contribution < -0.4 is 47.4 Å². The van der Waals surface area contributed by atoms with E-state index in [-0.39, 0.29) is 99.6 Å². The molecule has 0 saturated carbocycles. The normalized spacial score (nSPS) is 33.9. The van der Waals surface area contributed by atoms with Crippen LogP contribution in [-0.4, -0.2) is 236 Å². The number of methoxy groups -OCH3 is 4. The lowest BCUT2D eigenvalue weighted by atomic mass is 9.65. The molecule has 20 atom stereocenters. The molecule has 105 heavy (non-hydrogen) atoms. The van der Waals surface area contributed by atoms with E-state index in [0.717, 1.165) is 16.7 Å². The lowest BCUT2D eigenvalue weighted by Crippen LogP contribution is -2.65. The topological polar surface area (TPSA) is 394 Å². The van der Waals surface area contributed by atoms with Crippen LogP contribution in [0.3, 0.4) is 0 Å². The molecule has 572 valence electrons. The van der Waals surface area contributed by atoms with Gasteiger partial charge in [0.15, 0.2) is 76.9 Å². The molecule has 0 bridgehead atoms. The van der Waals surface area contributed by atoms with Gasteiger partial charge in [-0.3, -0.25) is 4.79 Å². The highest BCUT2D eigenvalue weighted by molar-refractivity contribution is 5.79. The fraction of sp³-hybridized carbons (Fsp3) is 0.597. The van der Waals surface area contributed by atoms with Gasteiger partial charge in [-0.1, -0.05) is 6.58 Å². The molecule has 16 unspecified atom stereocenters. The van der Waals surface area contributed by atoms with Crippen molar-refractivity contribution in [3.05, 3.63) is 94.2 Å². The molecule has 0 amide bonds. The first kappa shape index (κ1) is 74.1. The third-order valence-corrected chi connectivity index (χ3v) is 20.9. The van der Waals surface area contributed by atoms with Gasteiger partial charge in [0, 0.05) is 42.4 Å². The number of hydrogen-bond donors (Lipinski definition) is 6. The Labute approximate surface area is 601 Å². The molecule has 9 heterocycles. The molecule has 2 spiro atoms. The van der Waals surface area contributed by atoms with E-state index in [1.165, 1.54) is 28.4 Å². The second-order valence-electron chi connectivity index (χ2n) is 27.6. The first-order valence-corrected chi connectivity index (χ1v) is 34.5. The quantitative estimate of drug-likeness (QED) is 0.0479. The van der Waals surface area contributed by atoms with E-state index in [9.17, 15) is 39.9 Å². The molecule has 9 aliphatic heterocycles. The van der Waals surface area contributed by atoms with Crippen molar-refractivity contribution in [1.29, 1.82) is 0 Å². The molecule has 0 radical (unpaired) electrons. The van der Waals surface area contributed by atoms with Crippen LogP contribution in [0, 0.1) is 23.7 Å². The van der Waals surface area contributed by atoms with Crippen LogP contribution in [0.1, 0.15) is 98.0 Å². The van der Waals surface area contributed by atoms with Gasteiger partial charge in [0.25, 0.3) is 0 Å². The average molecular weight is 1480 g/mol. The van der Waals surface area contributed by atoms with Gasteiger partial charge < -0.3 is 144 Å². The number of rotatable bonds is 17. The van der Waals surface area contributed by atoms with Crippen molar-refractivity contribution in [2.24, 2.45) is 23.7 Å². The summed E-state index contributed by atoms with van der Waals surface area (Å²) >= 11 is 0. The van der Waals surface area contributed by atoms with E-state index in [2.05, 4.69) is 6.58 Å². The second kappa shape index (κ2) is 30.1. The standard InChI is InChI=1S/C38H46O16.C34H40O17/c1-18-29-24(15-45-18)32(51-35-31(39)34(40)38(16-47-35)7-8-44-19(2)53-38)23-12-26-25(48-17-49-26)11-22(23)30(29)20-9-27(42-5)33(28(10-20)43-6)52-36(41)46-13-21-14-50-37(3,4)54-21;1-15-43-5-4-34(51-15)13-46-32(27(37)30(34)38)49-28-19-9-22-21(47-14-48-22)8-18(19)25(26-20(28)12-44-31(26)39)16-6-23(41-2)29(24(7-16)42-3)50-33(40)45-11-17(36)10-35/h9-12,19,21,24,29-32,34-35,39-40H,1,7-8,13-17H2,2-6H3;6-9,15,17,20,25-28,30,32,35-38H,4-5,10-14H2,1-3H3/t19?,21?,24?,29-,30+,31?,32?,34?,35?,38?;15?,17?,20?,25-,26+,27?,28?,30?,32?,34?/m01/s1. The predicted molar refractivity (Wildman–Crippen MR) is 349 cm³/mol. The number of hydrogen-bond acceptors (Lipinski definition) is 33. The monoisotopic (exact) mass is 1480 g/mol. The Kier molecular flexibility index (Phi) is 21.2. The number of carbonyl (C=O) groups excluding carboxylic acids is 3. The summed E-state index contributed by atoms with van der Waals surface area (Å²) in [6.45, 7) is 11.2. The van der Waals surface area contributed by atoms with E-state index in [0.29, 0.717) is 71.5 Å². The molecule has 33 nitrogen and oxygen atoms in total. The van der Waals surface area contributed by atoms with E-state index >= 15 is 0 Å². The summed E-state index contributed by atoms with van der Waals surface area (Å²) in [5.41, 5.74) is 1.72. The smallest absolute Gasteiger partial charge is 0.498 e. The number of benzene rings is 4. The Morgan fingerprint density at radius 1 is 0.571 bits per heavy atom. The Morgan fingerprint density at radius 2 is 1.01 bits per heavy atom. The molecule has 0 aromatic heterocycles. The highest BCUT2D eigenvalue weighted by Crippen LogP contribution is 2.61. The third kappa shape index (κ3) is 14.2. The van der Waals surface area contributed by atoms with Gasteiger partial charge in [0.1, 0.15) is 61.0 Å². The van der Waals surface area contributed by atoms with Crippen molar-refractivity contribution in [2.75, 3.05) is 108 Å². The minimum atomic E-state index is -1.50. The Morgan fingerprint density at radius 3 is 1.45 bits per heavy atom. The van der Waals surface area contributed by atoms with Gasteiger partial charge in [-0.15, -0.1) is 0 Å². The summed E-state index contributed by atoms with van der Waals surface area (Å²) in [5, 5.41) is 63.9. The molecule has 7 fully saturated rings. The van der Waals surface area contributed by atoms with Crippen molar-refractivity contribution in [3.8, 4) is 57.5 Å². The number of allylic oxidation sites excluding steroid dienone is 1. The number of aliphatic hydroxyl groups is 6. The Bertz CT molecular complexity index is 3830. The zero-order chi connectivity index (χ0) is 74.0. The molecular weight excluding hydrogens is 1390 g/mol. The van der Waals surface area contributed by atoms with Gasteiger partial charge in [0.05, 0.1) is 105 Å². The molecular formula is C72H86O33. The van der Waals surface area contributed by atoms with Gasteiger partial charge in [0.2, 0.25) is 25.1 Å². The minimum absolute atomic E-state index is 0.00720. The molecule has 6 N–H and O–H groups in total. The number of cyclic esters (lactones) is 1. The summed E-state index contributed by atoms with van der Waals surface area (Å²) in [7, 11) is 5.63. The lowest BCUT2D eigenvalue weighted by molar-refractivity contribution is -0.361. The number of carbonyl (C=O) groups is 3. The number of fused-ring (bicyclic) bond motifs is 6. The summed E-state index contributed by atoms with van der Waals surface area (Å²) in [6.07, 6.45) is -14.0. The van der Waals surface area contributed by atoms with Gasteiger partial charge >= 0.3 is 18.3 Å². The van der Waals surface area contributed by atoms with E-state index in [1.807, 2.05) is 12.1 Å². The minimum Gasteiger partial charge on any atom is -0.498 e. The van der Waals surface area contributed by atoms with Crippen LogP contribution in [0.4, 0.5) is 9.59 Å². The van der Waals surface area contributed by atoms with Crippen LogP contribution in [0.25, 0.3) is 0 Å². The van der Waals surface area contributed by atoms with Crippen molar-refractivity contribution in [2.45, 2.75) is 143 Å². The number of aliphatic hydroxyl groups excluding tert-OH is 6. The molecule has 11 aliphatic rings. The highest BCUT2D eigenvalue weighted by Gasteiger charge is 2.60. The zero-order valence-electron chi connectivity index (χ0n) is 58.8. The molecule has 33 heteroatoms. The number of ether oxygens (including phenoxy) is 24. The third-order valence-electron chi connectivity index (χ3n) is 20.9. The first-order chi connectivity index (χ1) is 50.5. The van der Waals surface area contributed by atoms with Crippen LogP contribution in [0.15, 0.2) is 60.9 Å². The van der Waals surface area contributed by atoms with E-state index in [4.69, 9.17) is 119 Å². The maximum atomic E-state index is 13.6. The second-order valence-corrected chi connectivity index (χ2v) is 27.6. The Balaban J connectivity index is 0.000000177.